The fourth-order valence-corrected chi connectivity index (χ4v) is 2.21. The summed E-state index contributed by atoms with van der Waals surface area (Å²) in [5.74, 6) is 1.10. The number of guanidine groups is 1. The van der Waals surface area contributed by atoms with Crippen molar-refractivity contribution in [2.24, 2.45) is 16.6 Å². The summed E-state index contributed by atoms with van der Waals surface area (Å²) in [6, 6.07) is 3.67. The Hall–Kier alpha value is -1.40. The number of hydrogen-bond donors (Lipinski definition) is 3. The maximum atomic E-state index is 6.05. The molecule has 4 N–H and O–H groups in total. The number of rotatable bonds is 6. The molecule has 0 radical (unpaired) electrons. The summed E-state index contributed by atoms with van der Waals surface area (Å²) in [4.78, 5) is 8.48. The summed E-state index contributed by atoms with van der Waals surface area (Å²) >= 11 is 11.2. The van der Waals surface area contributed by atoms with E-state index in [-0.39, 0.29) is 0 Å². The number of aryl methyl sites for hydroxylation is 1. The van der Waals surface area contributed by atoms with Crippen molar-refractivity contribution in [2.45, 2.75) is 25.7 Å². The van der Waals surface area contributed by atoms with Gasteiger partial charge in [0.1, 0.15) is 0 Å². The Kier molecular flexibility index (Phi) is 6.20. The molecule has 0 unspecified atom stereocenters. The van der Waals surface area contributed by atoms with Gasteiger partial charge in [-0.25, -0.2) is 0 Å². The number of nitrogens with zero attached hydrogens (tertiary/aromatic N) is 2. The van der Waals surface area contributed by atoms with Crippen LogP contribution in [0.2, 0.25) is 5.02 Å². The van der Waals surface area contributed by atoms with Crippen LogP contribution in [0.3, 0.4) is 0 Å². The molecule has 7 heteroatoms. The van der Waals surface area contributed by atoms with Gasteiger partial charge in [0.2, 0.25) is 0 Å². The van der Waals surface area contributed by atoms with Crippen LogP contribution in [0, 0.1) is 5.92 Å². The van der Waals surface area contributed by atoms with Crippen LogP contribution in [-0.2, 0) is 6.42 Å². The molecule has 0 aliphatic heterocycles. The van der Waals surface area contributed by atoms with Crippen molar-refractivity contribution in [2.75, 3.05) is 13.1 Å². The van der Waals surface area contributed by atoms with Crippen LogP contribution in [0.15, 0.2) is 23.3 Å². The van der Waals surface area contributed by atoms with Crippen LogP contribution in [0.25, 0.3) is 0 Å². The first-order valence-corrected chi connectivity index (χ1v) is 7.88. The molecule has 5 nitrogen and oxygen atoms in total. The molecule has 114 valence electrons. The van der Waals surface area contributed by atoms with Crippen LogP contribution >= 0.6 is 23.8 Å². The van der Waals surface area contributed by atoms with Crippen LogP contribution in [0.1, 0.15) is 25.0 Å². The first-order chi connectivity index (χ1) is 10.1. The van der Waals surface area contributed by atoms with Crippen molar-refractivity contribution in [1.29, 1.82) is 0 Å². The predicted molar refractivity (Wildman–Crippen MR) is 90.5 cm³/mol. The molecule has 0 aromatic carbocycles. The zero-order valence-corrected chi connectivity index (χ0v) is 13.4. The molecule has 1 heterocycles. The summed E-state index contributed by atoms with van der Waals surface area (Å²) in [7, 11) is 0. The Labute approximate surface area is 135 Å². The molecular formula is C14H20ClN5S. The van der Waals surface area contributed by atoms with Gasteiger partial charge in [-0.15, -0.1) is 0 Å². The molecule has 21 heavy (non-hydrogen) atoms. The van der Waals surface area contributed by atoms with E-state index in [2.05, 4.69) is 20.6 Å². The first kappa shape index (κ1) is 16.0. The smallest absolute Gasteiger partial charge is 0.194 e. The minimum absolute atomic E-state index is 0.382. The van der Waals surface area contributed by atoms with E-state index in [1.165, 1.54) is 12.8 Å². The van der Waals surface area contributed by atoms with Gasteiger partial charge < -0.3 is 16.4 Å². The number of thiocarbonyl (C=S) groups is 1. The average molecular weight is 326 g/mol. The average Bonchev–Trinajstić information content (AvgIpc) is 3.27. The minimum Gasteiger partial charge on any atom is -0.370 e. The van der Waals surface area contributed by atoms with Crippen molar-refractivity contribution in [3.63, 3.8) is 0 Å². The molecule has 0 bridgehead atoms. The molecule has 1 aromatic rings. The van der Waals surface area contributed by atoms with E-state index in [1.807, 2.05) is 12.1 Å². The third kappa shape index (κ3) is 6.27. The highest BCUT2D eigenvalue weighted by Crippen LogP contribution is 2.28. The lowest BCUT2D eigenvalue weighted by Gasteiger charge is -2.10. The Balaban J connectivity index is 1.60. The normalized spacial score (nSPS) is 14.8. The second kappa shape index (κ2) is 8.14. The zero-order chi connectivity index (χ0) is 15.1. The van der Waals surface area contributed by atoms with E-state index < -0.39 is 0 Å². The molecule has 0 amide bonds. The van der Waals surface area contributed by atoms with Gasteiger partial charge in [0.05, 0.1) is 10.7 Å². The Bertz CT molecular complexity index is 516. The van der Waals surface area contributed by atoms with E-state index in [0.717, 1.165) is 37.5 Å². The standard InChI is InChI=1S/C14H20ClN5S/c15-11-3-1-7-17-12(11)4-2-8-18-14(21)20-13(16)19-9-10-5-6-10/h1,3,7,10H,2,4-6,8-9H2,(H4,16,18,19,20,21). The second-order valence-electron chi connectivity index (χ2n) is 5.09. The fourth-order valence-electron chi connectivity index (χ4n) is 1.79. The van der Waals surface area contributed by atoms with Crippen molar-refractivity contribution in [1.82, 2.24) is 15.6 Å². The second-order valence-corrected chi connectivity index (χ2v) is 5.90. The van der Waals surface area contributed by atoms with Gasteiger partial charge in [0, 0.05) is 19.3 Å². The molecule has 0 saturated heterocycles. The predicted octanol–water partition coefficient (Wildman–Crippen LogP) is 1.86. The zero-order valence-electron chi connectivity index (χ0n) is 11.8. The maximum Gasteiger partial charge on any atom is 0.194 e. The molecule has 0 spiro atoms. The van der Waals surface area contributed by atoms with Gasteiger partial charge in [0.25, 0.3) is 0 Å². The molecular weight excluding hydrogens is 306 g/mol. The lowest BCUT2D eigenvalue weighted by atomic mass is 10.2. The molecule has 2 rings (SSSR count). The van der Waals surface area contributed by atoms with Gasteiger partial charge in [-0.3, -0.25) is 9.98 Å². The summed E-state index contributed by atoms with van der Waals surface area (Å²) < 4.78 is 0. The number of aliphatic imine (C=N–C) groups is 1. The number of hydrogen-bond acceptors (Lipinski definition) is 3. The molecule has 1 aromatic heterocycles. The van der Waals surface area contributed by atoms with Crippen molar-refractivity contribution < 1.29 is 0 Å². The quantitative estimate of drug-likeness (QED) is 0.322. The molecule has 1 fully saturated rings. The van der Waals surface area contributed by atoms with Crippen LogP contribution < -0.4 is 16.4 Å². The van der Waals surface area contributed by atoms with Crippen LogP contribution in [0.4, 0.5) is 0 Å². The van der Waals surface area contributed by atoms with Crippen molar-refractivity contribution in [3.05, 3.63) is 29.0 Å². The summed E-state index contributed by atoms with van der Waals surface area (Å²) in [5, 5.41) is 7.18. The molecule has 1 aliphatic rings. The number of pyridine rings is 1. The van der Waals surface area contributed by atoms with Gasteiger partial charge in [-0.05, 0) is 56.0 Å². The Morgan fingerprint density at radius 1 is 1.52 bits per heavy atom. The highest BCUT2D eigenvalue weighted by molar-refractivity contribution is 7.80. The highest BCUT2D eigenvalue weighted by Gasteiger charge is 2.20. The van der Waals surface area contributed by atoms with Gasteiger partial charge in [0.15, 0.2) is 11.1 Å². The molecule has 1 saturated carbocycles. The van der Waals surface area contributed by atoms with Crippen molar-refractivity contribution >= 4 is 34.9 Å². The van der Waals surface area contributed by atoms with Gasteiger partial charge in [-0.1, -0.05) is 11.6 Å². The number of nitrogens with two attached hydrogens (primary N) is 1. The third-order valence-corrected chi connectivity index (χ3v) is 3.76. The Morgan fingerprint density at radius 3 is 3.05 bits per heavy atom. The fraction of sp³-hybridized carbons (Fsp3) is 0.500. The molecule has 1 aliphatic carbocycles. The van der Waals surface area contributed by atoms with E-state index in [4.69, 9.17) is 29.6 Å². The maximum absolute atomic E-state index is 6.05. The lowest BCUT2D eigenvalue weighted by Crippen LogP contribution is -2.43. The topological polar surface area (TPSA) is 75.3 Å². The minimum atomic E-state index is 0.382. The van der Waals surface area contributed by atoms with E-state index in [1.54, 1.807) is 6.20 Å². The van der Waals surface area contributed by atoms with E-state index in [0.29, 0.717) is 16.1 Å². The van der Waals surface area contributed by atoms with E-state index in [9.17, 15) is 0 Å². The number of halogens is 1. The largest absolute Gasteiger partial charge is 0.370 e. The first-order valence-electron chi connectivity index (χ1n) is 7.09. The summed E-state index contributed by atoms with van der Waals surface area (Å²) in [5.41, 5.74) is 6.66. The van der Waals surface area contributed by atoms with Gasteiger partial charge >= 0.3 is 0 Å². The monoisotopic (exact) mass is 325 g/mol. The summed E-state index contributed by atoms with van der Waals surface area (Å²) in [6.45, 7) is 1.52. The van der Waals surface area contributed by atoms with E-state index >= 15 is 0 Å². The van der Waals surface area contributed by atoms with Crippen LogP contribution in [0.5, 0.6) is 0 Å². The van der Waals surface area contributed by atoms with Gasteiger partial charge in [-0.2, -0.15) is 0 Å². The molecule has 0 atom stereocenters. The SMILES string of the molecule is NC(=NCC1CC1)NC(=S)NCCCc1ncccc1Cl. The number of nitrogens with one attached hydrogen (secondary N) is 2. The highest BCUT2D eigenvalue weighted by atomic mass is 35.5. The third-order valence-electron chi connectivity index (χ3n) is 3.17. The lowest BCUT2D eigenvalue weighted by molar-refractivity contribution is 0.756. The number of aromatic nitrogens is 1. The Morgan fingerprint density at radius 2 is 2.33 bits per heavy atom. The van der Waals surface area contributed by atoms with Crippen molar-refractivity contribution in [3.8, 4) is 0 Å². The summed E-state index contributed by atoms with van der Waals surface area (Å²) in [6.07, 6.45) is 5.96. The van der Waals surface area contributed by atoms with Crippen LogP contribution in [-0.4, -0.2) is 29.1 Å².